The number of carbonyl (C=O) groups is 1. The highest BCUT2D eigenvalue weighted by atomic mass is 35.5. The van der Waals surface area contributed by atoms with Crippen molar-refractivity contribution in [3.05, 3.63) is 64.3 Å². The molecule has 0 saturated heterocycles. The molecule has 0 spiro atoms. The van der Waals surface area contributed by atoms with Crippen molar-refractivity contribution >= 4 is 39.5 Å². The summed E-state index contributed by atoms with van der Waals surface area (Å²) < 4.78 is 32.6. The van der Waals surface area contributed by atoms with E-state index in [4.69, 9.17) is 16.3 Å². The number of amides is 1. The maximum absolute atomic E-state index is 13.9. The lowest BCUT2D eigenvalue weighted by atomic mass is 10.1. The molecule has 0 bridgehead atoms. The van der Waals surface area contributed by atoms with Crippen LogP contribution in [0.1, 0.15) is 11.3 Å². The van der Waals surface area contributed by atoms with E-state index in [2.05, 4.69) is 15.3 Å². The highest BCUT2D eigenvalue weighted by Gasteiger charge is 2.14. The number of fused-ring (bicyclic) bond motifs is 2. The molecule has 2 aromatic carbocycles. The molecule has 4 rings (SSSR count). The Labute approximate surface area is 163 Å². The Balaban J connectivity index is 1.41. The molecular formula is C20H16ClF2N3O2. The van der Waals surface area contributed by atoms with E-state index in [9.17, 15) is 13.6 Å². The van der Waals surface area contributed by atoms with Crippen LogP contribution in [0.4, 0.5) is 13.6 Å². The van der Waals surface area contributed by atoms with Gasteiger partial charge in [-0.3, -0.25) is 0 Å². The van der Waals surface area contributed by atoms with Crippen LogP contribution in [-0.4, -0.2) is 22.6 Å². The topological polar surface area (TPSA) is 69.9 Å². The molecule has 5 nitrogen and oxygen atoms in total. The third-order valence-electron chi connectivity index (χ3n) is 4.55. The number of hydrogen-bond donors (Lipinski definition) is 3. The third-order valence-corrected chi connectivity index (χ3v) is 4.79. The van der Waals surface area contributed by atoms with Gasteiger partial charge >= 0.3 is 6.09 Å². The maximum atomic E-state index is 13.9. The molecule has 4 aromatic rings. The van der Waals surface area contributed by atoms with Gasteiger partial charge in [0.2, 0.25) is 5.88 Å². The first-order chi connectivity index (χ1) is 13.4. The summed E-state index contributed by atoms with van der Waals surface area (Å²) in [7, 11) is 0. The Bertz CT molecular complexity index is 1200. The highest BCUT2D eigenvalue weighted by molar-refractivity contribution is 6.31. The smallest absolute Gasteiger partial charge is 0.393 e. The van der Waals surface area contributed by atoms with Crippen molar-refractivity contribution in [3.63, 3.8) is 0 Å². The number of benzene rings is 2. The van der Waals surface area contributed by atoms with Gasteiger partial charge in [-0.2, -0.15) is 0 Å². The predicted octanol–water partition coefficient (Wildman–Crippen LogP) is 5.22. The van der Waals surface area contributed by atoms with Crippen LogP contribution in [0.2, 0.25) is 5.02 Å². The second-order valence-corrected chi connectivity index (χ2v) is 6.91. The maximum Gasteiger partial charge on any atom is 0.413 e. The number of rotatable bonds is 4. The van der Waals surface area contributed by atoms with Crippen molar-refractivity contribution in [1.29, 1.82) is 0 Å². The van der Waals surface area contributed by atoms with E-state index in [0.29, 0.717) is 22.7 Å². The van der Waals surface area contributed by atoms with Crippen molar-refractivity contribution in [1.82, 2.24) is 15.3 Å². The van der Waals surface area contributed by atoms with Crippen LogP contribution in [0.25, 0.3) is 21.8 Å². The Morgan fingerprint density at radius 1 is 1.18 bits per heavy atom. The van der Waals surface area contributed by atoms with Crippen molar-refractivity contribution in [3.8, 4) is 5.88 Å². The van der Waals surface area contributed by atoms with Crippen molar-refractivity contribution in [2.75, 3.05) is 6.54 Å². The molecule has 0 aliphatic rings. The quantitative estimate of drug-likeness (QED) is 0.437. The third kappa shape index (κ3) is 3.53. The molecule has 0 fully saturated rings. The first kappa shape index (κ1) is 18.3. The standard InChI is InChI=1S/C20H16ClF2N3O2/c1-10-14(15-8-13(22)9-16(23)19(15)25-10)4-5-24-20(27)28-18-7-11-6-12(21)2-3-17(11)26-18/h2-3,6-9,25-26H,4-5H2,1H3,(H,24,27). The minimum absolute atomic E-state index is 0.247. The molecule has 1 amide bonds. The SMILES string of the molecule is Cc1[nH]c2c(F)cc(F)cc2c1CCNC(=O)Oc1cc2cc(Cl)ccc2[nH]1. The number of aromatic nitrogens is 2. The number of hydrogen-bond acceptors (Lipinski definition) is 2. The van der Waals surface area contributed by atoms with Gasteiger partial charge in [-0.15, -0.1) is 0 Å². The van der Waals surface area contributed by atoms with Crippen molar-refractivity contribution in [2.24, 2.45) is 0 Å². The van der Waals surface area contributed by atoms with Gasteiger partial charge in [0.1, 0.15) is 11.6 Å². The lowest BCUT2D eigenvalue weighted by molar-refractivity contribution is 0.199. The van der Waals surface area contributed by atoms with E-state index < -0.39 is 17.7 Å². The molecule has 0 saturated carbocycles. The zero-order valence-electron chi connectivity index (χ0n) is 14.8. The first-order valence-electron chi connectivity index (χ1n) is 8.61. The lowest BCUT2D eigenvalue weighted by Gasteiger charge is -2.06. The molecule has 28 heavy (non-hydrogen) atoms. The summed E-state index contributed by atoms with van der Waals surface area (Å²) in [5.41, 5.74) is 2.52. The molecule has 0 aliphatic carbocycles. The molecule has 2 aromatic heterocycles. The van der Waals surface area contributed by atoms with Crippen LogP contribution in [0.3, 0.4) is 0 Å². The number of aromatic amines is 2. The lowest BCUT2D eigenvalue weighted by Crippen LogP contribution is -2.28. The number of H-pyrrole nitrogens is 2. The second-order valence-electron chi connectivity index (χ2n) is 6.47. The second kappa shape index (κ2) is 7.16. The first-order valence-corrected chi connectivity index (χ1v) is 8.98. The summed E-state index contributed by atoms with van der Waals surface area (Å²) in [6.07, 6.45) is -0.237. The van der Waals surface area contributed by atoms with Gasteiger partial charge in [0, 0.05) is 45.7 Å². The Kier molecular flexibility index (Phi) is 4.68. The van der Waals surface area contributed by atoms with Gasteiger partial charge in [-0.05, 0) is 43.2 Å². The van der Waals surface area contributed by atoms with E-state index in [1.165, 1.54) is 6.07 Å². The summed E-state index contributed by atoms with van der Waals surface area (Å²) in [5.74, 6) is -0.991. The molecule has 0 radical (unpaired) electrons. The summed E-state index contributed by atoms with van der Waals surface area (Å²) in [6, 6.07) is 9.09. The monoisotopic (exact) mass is 403 g/mol. The molecule has 0 atom stereocenters. The molecular weight excluding hydrogens is 388 g/mol. The molecule has 3 N–H and O–H groups in total. The van der Waals surface area contributed by atoms with Gasteiger partial charge in [0.05, 0.1) is 5.52 Å². The number of nitrogens with one attached hydrogen (secondary N) is 3. The van der Waals surface area contributed by atoms with Crippen LogP contribution in [0.15, 0.2) is 36.4 Å². The number of aryl methyl sites for hydroxylation is 1. The van der Waals surface area contributed by atoms with Gasteiger partial charge in [-0.1, -0.05) is 11.6 Å². The fourth-order valence-electron chi connectivity index (χ4n) is 3.28. The number of ether oxygens (including phenoxy) is 1. The normalized spacial score (nSPS) is 11.3. The zero-order valence-corrected chi connectivity index (χ0v) is 15.6. The van der Waals surface area contributed by atoms with E-state index >= 15 is 0 Å². The molecule has 8 heteroatoms. The predicted molar refractivity (Wildman–Crippen MR) is 104 cm³/mol. The van der Waals surface area contributed by atoms with Gasteiger partial charge in [0.25, 0.3) is 0 Å². The van der Waals surface area contributed by atoms with Crippen LogP contribution >= 0.6 is 11.6 Å². The fraction of sp³-hybridized carbons (Fsp3) is 0.150. The largest absolute Gasteiger partial charge is 0.413 e. The summed E-state index contributed by atoms with van der Waals surface area (Å²) in [5, 5.41) is 4.52. The number of carbonyl (C=O) groups excluding carboxylic acids is 1. The average Bonchev–Trinajstić information content (AvgIpc) is 3.15. The van der Waals surface area contributed by atoms with Crippen LogP contribution in [0.5, 0.6) is 5.88 Å². The minimum atomic E-state index is -0.643. The summed E-state index contributed by atoms with van der Waals surface area (Å²) in [6.45, 7) is 2.03. The summed E-state index contributed by atoms with van der Waals surface area (Å²) in [4.78, 5) is 17.9. The van der Waals surface area contributed by atoms with E-state index in [0.717, 1.165) is 28.2 Å². The van der Waals surface area contributed by atoms with Crippen molar-refractivity contribution < 1.29 is 18.3 Å². The number of halogens is 3. The molecule has 2 heterocycles. The molecule has 0 aliphatic heterocycles. The van der Waals surface area contributed by atoms with Crippen LogP contribution < -0.4 is 10.1 Å². The van der Waals surface area contributed by atoms with Crippen LogP contribution in [-0.2, 0) is 6.42 Å². The van der Waals surface area contributed by atoms with E-state index in [1.54, 1.807) is 31.2 Å². The molecule has 0 unspecified atom stereocenters. The highest BCUT2D eigenvalue weighted by Crippen LogP contribution is 2.26. The Morgan fingerprint density at radius 3 is 2.82 bits per heavy atom. The average molecular weight is 404 g/mol. The van der Waals surface area contributed by atoms with Crippen molar-refractivity contribution in [2.45, 2.75) is 13.3 Å². The van der Waals surface area contributed by atoms with Gasteiger partial charge in [0.15, 0.2) is 0 Å². The molecule has 144 valence electrons. The Morgan fingerprint density at radius 2 is 2.00 bits per heavy atom. The van der Waals surface area contributed by atoms with E-state index in [-0.39, 0.29) is 12.1 Å². The van der Waals surface area contributed by atoms with E-state index in [1.807, 2.05) is 0 Å². The minimum Gasteiger partial charge on any atom is -0.393 e. The van der Waals surface area contributed by atoms with Crippen LogP contribution in [0, 0.1) is 18.6 Å². The summed E-state index contributed by atoms with van der Waals surface area (Å²) >= 11 is 5.94. The zero-order chi connectivity index (χ0) is 19.8. The van der Waals surface area contributed by atoms with Gasteiger partial charge < -0.3 is 20.0 Å². The Hall–Kier alpha value is -3.06. The van der Waals surface area contributed by atoms with Gasteiger partial charge in [-0.25, -0.2) is 13.6 Å². The fourth-order valence-corrected chi connectivity index (χ4v) is 3.46.